The van der Waals surface area contributed by atoms with Gasteiger partial charge in [-0.15, -0.1) is 0 Å². The highest BCUT2D eigenvalue weighted by Gasteiger charge is 2.53. The van der Waals surface area contributed by atoms with E-state index in [-0.39, 0.29) is 11.2 Å². The summed E-state index contributed by atoms with van der Waals surface area (Å²) in [5.74, 6) is 0.300. The van der Waals surface area contributed by atoms with E-state index in [9.17, 15) is 9.90 Å². The topological polar surface area (TPSA) is 55.8 Å². The lowest BCUT2D eigenvalue weighted by atomic mass is 9.65. The first-order valence-electron chi connectivity index (χ1n) is 9.71. The highest BCUT2D eigenvalue weighted by atomic mass is 16.7. The Morgan fingerprint density at radius 2 is 1.54 bits per heavy atom. The average Bonchev–Trinajstić information content (AvgIpc) is 2.92. The molecule has 1 aromatic rings. The van der Waals surface area contributed by atoms with Crippen molar-refractivity contribution in [1.82, 2.24) is 0 Å². The molecule has 1 saturated carbocycles. The Labute approximate surface area is 156 Å². The van der Waals surface area contributed by atoms with Crippen LogP contribution in [-0.4, -0.2) is 34.8 Å². The maximum Gasteiger partial charge on any atom is 0.494 e. The molecule has 0 bridgehead atoms. The van der Waals surface area contributed by atoms with Gasteiger partial charge in [0.25, 0.3) is 0 Å². The van der Waals surface area contributed by atoms with Crippen molar-refractivity contribution >= 4 is 18.4 Å². The minimum atomic E-state index is -0.642. The number of aliphatic hydroxyl groups is 1. The normalized spacial score (nSPS) is 35.2. The molecule has 0 aromatic heterocycles. The molecule has 2 fully saturated rings. The molecule has 5 heteroatoms. The van der Waals surface area contributed by atoms with Gasteiger partial charge < -0.3 is 14.4 Å². The van der Waals surface area contributed by atoms with Crippen LogP contribution < -0.4 is 5.46 Å². The summed E-state index contributed by atoms with van der Waals surface area (Å²) in [6.45, 7) is 10.1. The van der Waals surface area contributed by atoms with Crippen molar-refractivity contribution in [2.24, 2.45) is 0 Å². The molecule has 0 atom stereocenters. The number of benzene rings is 1. The van der Waals surface area contributed by atoms with E-state index in [1.165, 1.54) is 0 Å². The Kier molecular flexibility index (Phi) is 3.80. The summed E-state index contributed by atoms with van der Waals surface area (Å²) >= 11 is 0. The Hall–Kier alpha value is -1.17. The lowest BCUT2D eigenvalue weighted by Crippen LogP contribution is -2.42. The zero-order valence-corrected chi connectivity index (χ0v) is 16.5. The fraction of sp³-hybridized carbons (Fsp3) is 0.667. The second-order valence-electron chi connectivity index (χ2n) is 9.68. The van der Waals surface area contributed by atoms with Crippen LogP contribution in [0.4, 0.5) is 0 Å². The fourth-order valence-electron chi connectivity index (χ4n) is 4.61. The molecular weight excluding hydrogens is 327 g/mol. The van der Waals surface area contributed by atoms with E-state index in [0.717, 1.165) is 29.4 Å². The van der Waals surface area contributed by atoms with Gasteiger partial charge in [0.2, 0.25) is 0 Å². The van der Waals surface area contributed by atoms with Crippen molar-refractivity contribution < 1.29 is 19.2 Å². The molecule has 1 N–H and O–H groups in total. The number of fused-ring (bicyclic) bond motifs is 2. The smallest absolute Gasteiger partial charge is 0.399 e. The number of hydrogen-bond donors (Lipinski definition) is 1. The van der Waals surface area contributed by atoms with Crippen molar-refractivity contribution in [3.63, 3.8) is 0 Å². The molecule has 1 spiro atoms. The van der Waals surface area contributed by atoms with Crippen molar-refractivity contribution in [2.75, 3.05) is 0 Å². The monoisotopic (exact) mass is 356 g/mol. The van der Waals surface area contributed by atoms with Gasteiger partial charge in [-0.1, -0.05) is 18.2 Å². The zero-order chi connectivity index (χ0) is 19.0. The van der Waals surface area contributed by atoms with Crippen molar-refractivity contribution in [3.8, 4) is 0 Å². The van der Waals surface area contributed by atoms with E-state index in [2.05, 4.69) is 12.1 Å². The predicted molar refractivity (Wildman–Crippen MR) is 102 cm³/mol. The van der Waals surface area contributed by atoms with Gasteiger partial charge in [-0.05, 0) is 76.9 Å². The van der Waals surface area contributed by atoms with E-state index in [1.807, 2.05) is 40.7 Å². The van der Waals surface area contributed by atoms with E-state index >= 15 is 0 Å². The van der Waals surface area contributed by atoms with Gasteiger partial charge in [-0.3, -0.25) is 4.79 Å². The molecule has 1 aromatic carbocycles. The third-order valence-corrected chi connectivity index (χ3v) is 7.24. The molecule has 0 unspecified atom stereocenters. The van der Waals surface area contributed by atoms with Gasteiger partial charge in [0.05, 0.1) is 22.2 Å². The Balaban J connectivity index is 1.64. The van der Waals surface area contributed by atoms with Crippen LogP contribution >= 0.6 is 0 Å². The molecule has 4 rings (SSSR count). The Morgan fingerprint density at radius 1 is 0.962 bits per heavy atom. The van der Waals surface area contributed by atoms with Crippen molar-refractivity contribution in [1.29, 1.82) is 0 Å². The summed E-state index contributed by atoms with van der Waals surface area (Å²) in [5, 5.41) is 10.3. The number of rotatable bonds is 1. The van der Waals surface area contributed by atoms with Crippen LogP contribution in [0.25, 0.3) is 0 Å². The number of ketones is 1. The van der Waals surface area contributed by atoms with Gasteiger partial charge in [0.15, 0.2) is 0 Å². The molecule has 4 nitrogen and oxygen atoms in total. The molecule has 140 valence electrons. The summed E-state index contributed by atoms with van der Waals surface area (Å²) in [4.78, 5) is 12.9. The summed E-state index contributed by atoms with van der Waals surface area (Å²) in [7, 11) is -0.399. The van der Waals surface area contributed by atoms with Gasteiger partial charge in [0, 0.05) is 6.42 Å². The highest BCUT2D eigenvalue weighted by Crippen LogP contribution is 2.48. The van der Waals surface area contributed by atoms with E-state index in [4.69, 9.17) is 9.31 Å². The fourth-order valence-corrected chi connectivity index (χ4v) is 4.61. The minimum Gasteiger partial charge on any atom is -0.399 e. The van der Waals surface area contributed by atoms with Gasteiger partial charge >= 0.3 is 7.12 Å². The third-order valence-electron chi connectivity index (χ3n) is 7.24. The van der Waals surface area contributed by atoms with Gasteiger partial charge in [-0.2, -0.15) is 0 Å². The quantitative estimate of drug-likeness (QED) is 0.786. The van der Waals surface area contributed by atoms with Crippen LogP contribution in [0.3, 0.4) is 0 Å². The van der Waals surface area contributed by atoms with Crippen LogP contribution in [-0.2, 0) is 25.9 Å². The van der Waals surface area contributed by atoms with Crippen LogP contribution in [0.2, 0.25) is 0 Å². The number of Topliss-reactive ketones (excluding diaryl/α,β-unsaturated/α-hetero) is 1. The molecule has 1 heterocycles. The first-order chi connectivity index (χ1) is 12.0. The molecule has 3 aliphatic rings. The summed E-state index contributed by atoms with van der Waals surface area (Å²) in [6, 6.07) is 6.24. The largest absolute Gasteiger partial charge is 0.494 e. The molecule has 0 amide bonds. The van der Waals surface area contributed by atoms with Crippen LogP contribution in [0.1, 0.15) is 71.4 Å². The first-order valence-corrected chi connectivity index (χ1v) is 9.71. The van der Waals surface area contributed by atoms with Crippen molar-refractivity contribution in [3.05, 3.63) is 29.3 Å². The minimum absolute atomic E-state index is 0.300. The molecule has 2 aliphatic carbocycles. The van der Waals surface area contributed by atoms with Crippen LogP contribution in [0.5, 0.6) is 0 Å². The van der Waals surface area contributed by atoms with Crippen LogP contribution in [0, 0.1) is 0 Å². The summed E-state index contributed by atoms with van der Waals surface area (Å²) < 4.78 is 12.3. The second kappa shape index (κ2) is 5.43. The lowest BCUT2D eigenvalue weighted by molar-refractivity contribution is -0.126. The van der Waals surface area contributed by atoms with E-state index in [1.54, 1.807) is 0 Å². The highest BCUT2D eigenvalue weighted by molar-refractivity contribution is 6.62. The second-order valence-corrected chi connectivity index (χ2v) is 9.68. The molecule has 26 heavy (non-hydrogen) atoms. The summed E-state index contributed by atoms with van der Waals surface area (Å²) in [5.41, 5.74) is 1.45. The molecule has 1 saturated heterocycles. The molecule has 1 aliphatic heterocycles. The summed E-state index contributed by atoms with van der Waals surface area (Å²) in [6.07, 6.45) is 3.31. The SMILES string of the molecule is CC1(O)CCC2(CC1)C(=O)Cc1cc(B3OC(C)(C)C(C)(C)O3)ccc12. The number of carbonyl (C=O) groups excluding carboxylic acids is 1. The third kappa shape index (κ3) is 2.59. The van der Waals surface area contributed by atoms with Crippen molar-refractivity contribution in [2.45, 2.75) is 88.9 Å². The number of carbonyl (C=O) groups is 1. The predicted octanol–water partition coefficient (Wildman–Crippen LogP) is 2.67. The Bertz CT molecular complexity index is 739. The average molecular weight is 356 g/mol. The van der Waals surface area contributed by atoms with Gasteiger partial charge in [-0.25, -0.2) is 0 Å². The van der Waals surface area contributed by atoms with Crippen LogP contribution in [0.15, 0.2) is 18.2 Å². The zero-order valence-electron chi connectivity index (χ0n) is 16.5. The van der Waals surface area contributed by atoms with Gasteiger partial charge in [0.1, 0.15) is 5.78 Å². The lowest BCUT2D eigenvalue weighted by Gasteiger charge is -2.40. The maximum atomic E-state index is 12.9. The van der Waals surface area contributed by atoms with E-state index < -0.39 is 18.1 Å². The van der Waals surface area contributed by atoms with E-state index in [0.29, 0.717) is 25.0 Å². The molecule has 0 radical (unpaired) electrons. The molecular formula is C21H29BO4. The Morgan fingerprint density at radius 3 is 2.12 bits per heavy atom. The first kappa shape index (κ1) is 18.2. The maximum absolute atomic E-state index is 12.9. The standard InChI is InChI=1S/C21H29BO4/c1-18(2)19(3,4)26-22(25-18)15-6-7-16-14(12-15)13-17(23)21(16)10-8-20(5,24)9-11-21/h6-7,12,24H,8-11,13H2,1-5H3. The number of hydrogen-bond acceptors (Lipinski definition) is 4.